The van der Waals surface area contributed by atoms with E-state index in [-0.39, 0.29) is 10.6 Å². The molecule has 1 N–H and O–H groups in total. The zero-order valence-electron chi connectivity index (χ0n) is 16.8. The molecule has 3 rings (SSSR count). The third kappa shape index (κ3) is 3.77. The van der Waals surface area contributed by atoms with Crippen LogP contribution >= 0.6 is 0 Å². The molecule has 152 valence electrons. The summed E-state index contributed by atoms with van der Waals surface area (Å²) < 4.78 is 29.2. The maximum atomic E-state index is 13.2. The summed E-state index contributed by atoms with van der Waals surface area (Å²) in [6.45, 7) is 8.32. The van der Waals surface area contributed by atoms with Crippen LogP contribution in [0.15, 0.2) is 29.4 Å². The van der Waals surface area contributed by atoms with Crippen molar-refractivity contribution < 1.29 is 13.2 Å². The van der Waals surface area contributed by atoms with Gasteiger partial charge in [0, 0.05) is 51.7 Å². The second-order valence-electron chi connectivity index (χ2n) is 6.96. The number of aryl methyl sites for hydroxylation is 3. The summed E-state index contributed by atoms with van der Waals surface area (Å²) >= 11 is 0. The molecule has 1 aromatic heterocycles. The number of hydrogen-bond acceptors (Lipinski definition) is 5. The van der Waals surface area contributed by atoms with Gasteiger partial charge in [0.05, 0.1) is 5.56 Å². The summed E-state index contributed by atoms with van der Waals surface area (Å²) in [6, 6.07) is 6.29. The number of sulfonamides is 1. The van der Waals surface area contributed by atoms with Crippen LogP contribution in [0, 0.1) is 13.8 Å². The van der Waals surface area contributed by atoms with Crippen molar-refractivity contribution in [2.24, 2.45) is 0 Å². The van der Waals surface area contributed by atoms with E-state index in [0.29, 0.717) is 32.7 Å². The molecular formula is C19H27N5O3S. The largest absolute Gasteiger partial charge is 0.369 e. The van der Waals surface area contributed by atoms with E-state index in [2.05, 4.69) is 40.4 Å². The third-order valence-corrected chi connectivity index (χ3v) is 6.89. The van der Waals surface area contributed by atoms with Crippen LogP contribution < -0.4 is 10.2 Å². The van der Waals surface area contributed by atoms with E-state index in [1.807, 2.05) is 13.8 Å². The topological polar surface area (TPSA) is 87.5 Å². The van der Waals surface area contributed by atoms with Crippen molar-refractivity contribution in [3.05, 3.63) is 41.1 Å². The first kappa shape index (κ1) is 20.3. The Kier molecular flexibility index (Phi) is 5.76. The Labute approximate surface area is 166 Å². The number of carbonyl (C=O) groups excluding carboxylic acids is 1. The number of rotatable bonds is 5. The Balaban J connectivity index is 1.83. The Morgan fingerprint density at radius 2 is 1.86 bits per heavy atom. The molecule has 0 radical (unpaired) electrons. The van der Waals surface area contributed by atoms with Crippen molar-refractivity contribution in [2.75, 3.05) is 38.1 Å². The number of benzene rings is 1. The van der Waals surface area contributed by atoms with Gasteiger partial charge >= 0.3 is 0 Å². The predicted molar refractivity (Wildman–Crippen MR) is 108 cm³/mol. The molecule has 0 atom stereocenters. The van der Waals surface area contributed by atoms with Crippen LogP contribution in [0.5, 0.6) is 0 Å². The first-order chi connectivity index (χ1) is 13.3. The fourth-order valence-electron chi connectivity index (χ4n) is 3.40. The summed E-state index contributed by atoms with van der Waals surface area (Å²) in [4.78, 5) is 14.4. The van der Waals surface area contributed by atoms with Gasteiger partial charge in [-0.3, -0.25) is 9.48 Å². The van der Waals surface area contributed by atoms with Crippen LogP contribution in [0.25, 0.3) is 0 Å². The average Bonchev–Trinajstić information content (AvgIpc) is 3.15. The molecule has 1 aliphatic rings. The van der Waals surface area contributed by atoms with Crippen LogP contribution in [0.4, 0.5) is 5.69 Å². The normalized spacial score (nSPS) is 15.6. The van der Waals surface area contributed by atoms with Crippen molar-refractivity contribution >= 4 is 21.6 Å². The number of anilines is 1. The summed E-state index contributed by atoms with van der Waals surface area (Å²) in [6.07, 6.45) is 1.48. The molecule has 8 nitrogen and oxygen atoms in total. The second kappa shape index (κ2) is 7.92. The van der Waals surface area contributed by atoms with E-state index in [1.54, 1.807) is 0 Å². The highest BCUT2D eigenvalue weighted by Crippen LogP contribution is 2.25. The zero-order valence-corrected chi connectivity index (χ0v) is 17.6. The molecule has 0 unspecified atom stereocenters. The maximum Gasteiger partial charge on any atom is 0.263 e. The highest BCUT2D eigenvalue weighted by atomic mass is 32.2. The van der Waals surface area contributed by atoms with Crippen molar-refractivity contribution in [1.29, 1.82) is 0 Å². The third-order valence-electron chi connectivity index (χ3n) is 5.05. The van der Waals surface area contributed by atoms with E-state index in [9.17, 15) is 13.2 Å². The molecule has 9 heteroatoms. The van der Waals surface area contributed by atoms with Crippen LogP contribution in [-0.2, 0) is 16.6 Å². The minimum absolute atomic E-state index is 0.0845. The number of nitrogens with zero attached hydrogens (tertiary/aromatic N) is 4. The smallest absolute Gasteiger partial charge is 0.263 e. The molecule has 0 spiro atoms. The van der Waals surface area contributed by atoms with E-state index < -0.39 is 15.9 Å². The molecule has 1 amide bonds. The first-order valence-electron chi connectivity index (χ1n) is 9.39. The summed E-state index contributed by atoms with van der Waals surface area (Å²) in [5, 5.41) is 6.48. The summed E-state index contributed by atoms with van der Waals surface area (Å²) in [7, 11) is -2.37. The number of aromatic nitrogens is 2. The van der Waals surface area contributed by atoms with Crippen LogP contribution in [-0.4, -0.2) is 61.6 Å². The molecule has 0 aliphatic carbocycles. The first-order valence-corrected chi connectivity index (χ1v) is 10.8. The highest BCUT2D eigenvalue weighted by Gasteiger charge is 2.34. The van der Waals surface area contributed by atoms with Gasteiger partial charge in [0.15, 0.2) is 0 Å². The minimum Gasteiger partial charge on any atom is -0.369 e. The van der Waals surface area contributed by atoms with E-state index in [4.69, 9.17) is 0 Å². The van der Waals surface area contributed by atoms with Gasteiger partial charge in [0.25, 0.3) is 15.9 Å². The van der Waals surface area contributed by atoms with Crippen molar-refractivity contribution in [1.82, 2.24) is 19.4 Å². The fourth-order valence-corrected chi connectivity index (χ4v) is 4.92. The Bertz CT molecular complexity index is 975. The van der Waals surface area contributed by atoms with Gasteiger partial charge in [-0.2, -0.15) is 9.40 Å². The molecule has 1 fully saturated rings. The fraction of sp³-hybridized carbons (Fsp3) is 0.474. The lowest BCUT2D eigenvalue weighted by molar-refractivity contribution is 0.0959. The van der Waals surface area contributed by atoms with Crippen LogP contribution in [0.1, 0.15) is 28.4 Å². The van der Waals surface area contributed by atoms with Crippen molar-refractivity contribution in [3.8, 4) is 0 Å². The predicted octanol–water partition coefficient (Wildman–Crippen LogP) is 1.39. The molecule has 28 heavy (non-hydrogen) atoms. The van der Waals surface area contributed by atoms with Crippen molar-refractivity contribution in [3.63, 3.8) is 0 Å². The lowest BCUT2D eigenvalue weighted by atomic mass is 10.1. The highest BCUT2D eigenvalue weighted by molar-refractivity contribution is 7.89. The van der Waals surface area contributed by atoms with E-state index >= 15 is 0 Å². The van der Waals surface area contributed by atoms with Gasteiger partial charge in [-0.25, -0.2) is 8.42 Å². The Morgan fingerprint density at radius 1 is 1.18 bits per heavy atom. The van der Waals surface area contributed by atoms with Gasteiger partial charge < -0.3 is 10.2 Å². The minimum atomic E-state index is -3.85. The average molecular weight is 406 g/mol. The molecule has 0 bridgehead atoms. The molecule has 1 aliphatic heterocycles. The lowest BCUT2D eigenvalue weighted by Gasteiger charge is -2.36. The van der Waals surface area contributed by atoms with Crippen LogP contribution in [0.2, 0.25) is 0 Å². The number of hydrogen-bond donors (Lipinski definition) is 1. The molecule has 2 heterocycles. The van der Waals surface area contributed by atoms with Crippen molar-refractivity contribution in [2.45, 2.75) is 32.3 Å². The van der Waals surface area contributed by atoms with E-state index in [0.717, 1.165) is 5.69 Å². The second-order valence-corrected chi connectivity index (χ2v) is 8.82. The molecule has 1 saturated heterocycles. The molecule has 2 aromatic rings. The zero-order chi connectivity index (χ0) is 20.5. The SMILES string of the molecule is CCn1cc(C(=O)NC)c(S(=O)(=O)N2CCN(c3cc(C)ccc3C)CC2)n1. The summed E-state index contributed by atoms with van der Waals surface area (Å²) in [5.74, 6) is -0.452. The van der Waals surface area contributed by atoms with Gasteiger partial charge in [-0.05, 0) is 38.0 Å². The van der Waals surface area contributed by atoms with Gasteiger partial charge in [-0.15, -0.1) is 0 Å². The van der Waals surface area contributed by atoms with Gasteiger partial charge in [0.2, 0.25) is 5.03 Å². The standard InChI is InChI=1S/C19H27N5O3S/c1-5-23-13-16(18(25)20-4)19(21-23)28(26,27)24-10-8-22(9-11-24)17-12-14(2)6-7-15(17)3/h6-7,12-13H,5,8-11H2,1-4H3,(H,20,25). The Morgan fingerprint density at radius 3 is 2.46 bits per heavy atom. The molecule has 1 aromatic carbocycles. The van der Waals surface area contributed by atoms with Gasteiger partial charge in [0.1, 0.15) is 0 Å². The number of carbonyl (C=O) groups is 1. The monoisotopic (exact) mass is 405 g/mol. The number of nitrogens with one attached hydrogen (secondary N) is 1. The van der Waals surface area contributed by atoms with E-state index in [1.165, 1.54) is 33.4 Å². The Hall–Kier alpha value is -2.39. The lowest BCUT2D eigenvalue weighted by Crippen LogP contribution is -2.49. The quantitative estimate of drug-likeness (QED) is 0.812. The number of amides is 1. The maximum absolute atomic E-state index is 13.2. The molecular weight excluding hydrogens is 378 g/mol. The summed E-state index contributed by atoms with van der Waals surface area (Å²) in [5.41, 5.74) is 3.57. The number of piperazine rings is 1. The van der Waals surface area contributed by atoms with Gasteiger partial charge in [-0.1, -0.05) is 12.1 Å². The van der Waals surface area contributed by atoms with Crippen LogP contribution in [0.3, 0.4) is 0 Å². The molecule has 0 saturated carbocycles.